The summed E-state index contributed by atoms with van der Waals surface area (Å²) in [6, 6.07) is 9.16. The standard InChI is InChI=1S/C18H18F2O/c1-11(2)8-13-4-6-14(7-5-13)18(21)15-9-12(3)16(19)10-17(15)20/h4-7,9-11H,8H2,1-3H3. The molecule has 0 aromatic heterocycles. The molecule has 2 aromatic carbocycles. The minimum Gasteiger partial charge on any atom is -0.288 e. The Morgan fingerprint density at radius 2 is 1.67 bits per heavy atom. The summed E-state index contributed by atoms with van der Waals surface area (Å²) in [5, 5.41) is 0. The molecule has 2 rings (SSSR count). The highest BCUT2D eigenvalue weighted by Gasteiger charge is 2.16. The van der Waals surface area contributed by atoms with Crippen LogP contribution in [-0.4, -0.2) is 5.78 Å². The number of rotatable bonds is 4. The molecule has 110 valence electrons. The van der Waals surface area contributed by atoms with Crippen molar-refractivity contribution in [3.8, 4) is 0 Å². The van der Waals surface area contributed by atoms with E-state index in [-0.39, 0.29) is 11.1 Å². The average molecular weight is 288 g/mol. The first-order valence-corrected chi connectivity index (χ1v) is 6.97. The number of ketones is 1. The summed E-state index contributed by atoms with van der Waals surface area (Å²) in [6.07, 6.45) is 0.929. The van der Waals surface area contributed by atoms with Crippen molar-refractivity contribution in [2.24, 2.45) is 5.92 Å². The Hall–Kier alpha value is -2.03. The van der Waals surface area contributed by atoms with Gasteiger partial charge in [-0.3, -0.25) is 4.79 Å². The molecule has 0 radical (unpaired) electrons. The number of carbonyl (C=O) groups excluding carboxylic acids is 1. The maximum atomic E-state index is 13.8. The van der Waals surface area contributed by atoms with Gasteiger partial charge in [-0.2, -0.15) is 0 Å². The first-order valence-electron chi connectivity index (χ1n) is 6.97. The Morgan fingerprint density at radius 3 is 2.24 bits per heavy atom. The lowest BCUT2D eigenvalue weighted by atomic mass is 9.97. The molecule has 0 spiro atoms. The lowest BCUT2D eigenvalue weighted by Gasteiger charge is -2.08. The minimum absolute atomic E-state index is 0.0921. The van der Waals surface area contributed by atoms with E-state index in [2.05, 4.69) is 13.8 Å². The van der Waals surface area contributed by atoms with E-state index in [1.165, 1.54) is 13.0 Å². The summed E-state index contributed by atoms with van der Waals surface area (Å²) in [7, 11) is 0. The fraction of sp³-hybridized carbons (Fsp3) is 0.278. The second-order valence-corrected chi connectivity index (χ2v) is 5.71. The van der Waals surface area contributed by atoms with Gasteiger partial charge in [-0.15, -0.1) is 0 Å². The van der Waals surface area contributed by atoms with Crippen LogP contribution in [0.25, 0.3) is 0 Å². The van der Waals surface area contributed by atoms with Gasteiger partial charge in [-0.25, -0.2) is 8.78 Å². The Labute approximate surface area is 123 Å². The molecule has 2 aromatic rings. The summed E-state index contributed by atoms with van der Waals surface area (Å²) in [6.45, 7) is 5.75. The van der Waals surface area contributed by atoms with E-state index in [1.54, 1.807) is 12.1 Å². The van der Waals surface area contributed by atoms with Gasteiger partial charge in [0, 0.05) is 11.6 Å². The molecule has 0 heterocycles. The van der Waals surface area contributed by atoms with Crippen LogP contribution in [0.1, 0.15) is 40.9 Å². The molecule has 21 heavy (non-hydrogen) atoms. The molecule has 0 aliphatic heterocycles. The molecule has 1 nitrogen and oxygen atoms in total. The smallest absolute Gasteiger partial charge is 0.195 e. The van der Waals surface area contributed by atoms with Crippen LogP contribution in [0, 0.1) is 24.5 Å². The van der Waals surface area contributed by atoms with Crippen LogP contribution >= 0.6 is 0 Å². The van der Waals surface area contributed by atoms with Crippen molar-refractivity contribution in [3.05, 3.63) is 70.3 Å². The summed E-state index contributed by atoms with van der Waals surface area (Å²) < 4.78 is 27.0. The van der Waals surface area contributed by atoms with Gasteiger partial charge in [0.2, 0.25) is 0 Å². The van der Waals surface area contributed by atoms with Gasteiger partial charge in [0.1, 0.15) is 11.6 Å². The van der Waals surface area contributed by atoms with E-state index in [4.69, 9.17) is 0 Å². The number of carbonyl (C=O) groups is 1. The molecule has 0 unspecified atom stereocenters. The van der Waals surface area contributed by atoms with Crippen molar-refractivity contribution in [1.82, 2.24) is 0 Å². The van der Waals surface area contributed by atoms with Crippen molar-refractivity contribution in [1.29, 1.82) is 0 Å². The lowest BCUT2D eigenvalue weighted by molar-refractivity contribution is 0.103. The minimum atomic E-state index is -0.825. The molecule has 0 atom stereocenters. The molecule has 0 amide bonds. The van der Waals surface area contributed by atoms with Gasteiger partial charge < -0.3 is 0 Å². The first-order chi connectivity index (χ1) is 9.88. The molecule has 3 heteroatoms. The molecule has 0 N–H and O–H groups in total. The predicted molar refractivity (Wildman–Crippen MR) is 79.5 cm³/mol. The highest BCUT2D eigenvalue weighted by Crippen LogP contribution is 2.19. The van der Waals surface area contributed by atoms with E-state index < -0.39 is 17.4 Å². The Balaban J connectivity index is 2.30. The fourth-order valence-electron chi connectivity index (χ4n) is 2.25. The van der Waals surface area contributed by atoms with Crippen LogP contribution in [-0.2, 0) is 6.42 Å². The summed E-state index contributed by atoms with van der Waals surface area (Å²) >= 11 is 0. The Morgan fingerprint density at radius 1 is 1.05 bits per heavy atom. The molecular formula is C18H18F2O. The van der Waals surface area contributed by atoms with E-state index in [9.17, 15) is 13.6 Å². The highest BCUT2D eigenvalue weighted by molar-refractivity contribution is 6.09. The predicted octanol–water partition coefficient (Wildman–Crippen LogP) is 4.70. The monoisotopic (exact) mass is 288 g/mol. The van der Waals surface area contributed by atoms with Crippen LogP contribution in [0.15, 0.2) is 36.4 Å². The molecule has 0 bridgehead atoms. The summed E-state index contributed by atoms with van der Waals surface area (Å²) in [5.74, 6) is -1.36. The van der Waals surface area contributed by atoms with Gasteiger partial charge in [-0.1, -0.05) is 38.1 Å². The third kappa shape index (κ3) is 3.54. The number of halogens is 2. The zero-order valence-electron chi connectivity index (χ0n) is 12.4. The van der Waals surface area contributed by atoms with Crippen LogP contribution in [0.4, 0.5) is 8.78 Å². The van der Waals surface area contributed by atoms with Crippen molar-refractivity contribution in [3.63, 3.8) is 0 Å². The maximum absolute atomic E-state index is 13.8. The van der Waals surface area contributed by atoms with E-state index >= 15 is 0 Å². The van der Waals surface area contributed by atoms with Crippen LogP contribution < -0.4 is 0 Å². The number of benzene rings is 2. The fourth-order valence-corrected chi connectivity index (χ4v) is 2.25. The van der Waals surface area contributed by atoms with Crippen molar-refractivity contribution < 1.29 is 13.6 Å². The van der Waals surface area contributed by atoms with Crippen molar-refractivity contribution in [2.45, 2.75) is 27.2 Å². The number of aryl methyl sites for hydroxylation is 1. The van der Waals surface area contributed by atoms with Crippen molar-refractivity contribution in [2.75, 3.05) is 0 Å². The molecule has 0 aliphatic rings. The third-order valence-electron chi connectivity index (χ3n) is 3.35. The Bertz CT molecular complexity index is 658. The highest BCUT2D eigenvalue weighted by atomic mass is 19.1. The maximum Gasteiger partial charge on any atom is 0.195 e. The largest absolute Gasteiger partial charge is 0.288 e. The van der Waals surface area contributed by atoms with E-state index in [0.717, 1.165) is 18.1 Å². The van der Waals surface area contributed by atoms with Crippen LogP contribution in [0.3, 0.4) is 0 Å². The second kappa shape index (κ2) is 6.17. The van der Waals surface area contributed by atoms with Gasteiger partial charge >= 0.3 is 0 Å². The average Bonchev–Trinajstić information content (AvgIpc) is 2.42. The van der Waals surface area contributed by atoms with E-state index in [1.807, 2.05) is 12.1 Å². The van der Waals surface area contributed by atoms with Crippen LogP contribution in [0.2, 0.25) is 0 Å². The quantitative estimate of drug-likeness (QED) is 0.745. The SMILES string of the molecule is Cc1cc(C(=O)c2ccc(CC(C)C)cc2)c(F)cc1F. The molecule has 0 saturated carbocycles. The second-order valence-electron chi connectivity index (χ2n) is 5.71. The van der Waals surface area contributed by atoms with E-state index in [0.29, 0.717) is 11.5 Å². The normalized spacial score (nSPS) is 11.0. The number of hydrogen-bond acceptors (Lipinski definition) is 1. The van der Waals surface area contributed by atoms with Gasteiger partial charge in [0.25, 0.3) is 0 Å². The molecule has 0 fully saturated rings. The van der Waals surface area contributed by atoms with Crippen molar-refractivity contribution >= 4 is 5.78 Å². The zero-order chi connectivity index (χ0) is 15.6. The third-order valence-corrected chi connectivity index (χ3v) is 3.35. The summed E-state index contributed by atoms with van der Waals surface area (Å²) in [5.41, 5.74) is 1.71. The first kappa shape index (κ1) is 15.4. The molecule has 0 saturated heterocycles. The molecule has 0 aliphatic carbocycles. The zero-order valence-corrected chi connectivity index (χ0v) is 12.4. The van der Waals surface area contributed by atoms with Gasteiger partial charge in [-0.05, 0) is 36.5 Å². The lowest BCUT2D eigenvalue weighted by Crippen LogP contribution is -2.06. The number of hydrogen-bond donors (Lipinski definition) is 0. The Kier molecular flexibility index (Phi) is 4.51. The summed E-state index contributed by atoms with van der Waals surface area (Å²) in [4.78, 5) is 12.3. The van der Waals surface area contributed by atoms with Crippen LogP contribution in [0.5, 0.6) is 0 Å². The van der Waals surface area contributed by atoms with Gasteiger partial charge in [0.05, 0.1) is 5.56 Å². The topological polar surface area (TPSA) is 17.1 Å². The molecular weight excluding hydrogens is 270 g/mol. The van der Waals surface area contributed by atoms with Gasteiger partial charge in [0.15, 0.2) is 5.78 Å².